The van der Waals surface area contributed by atoms with E-state index in [0.29, 0.717) is 31.1 Å². The van der Waals surface area contributed by atoms with E-state index in [1.54, 1.807) is 13.0 Å². The highest BCUT2D eigenvalue weighted by atomic mass is 16.5. The molecular formula is C18H28O4. The molecule has 2 atom stereocenters. The molecule has 0 aromatic carbocycles. The summed E-state index contributed by atoms with van der Waals surface area (Å²) in [4.78, 5) is 12.2. The molecule has 124 valence electrons. The first-order chi connectivity index (χ1) is 10.7. The fourth-order valence-corrected chi connectivity index (χ4v) is 3.22. The Labute approximate surface area is 133 Å². The minimum absolute atomic E-state index is 0.0162. The van der Waals surface area contributed by atoms with Gasteiger partial charge in [0.2, 0.25) is 0 Å². The third kappa shape index (κ3) is 4.35. The molecule has 2 aliphatic rings. The van der Waals surface area contributed by atoms with Crippen molar-refractivity contribution in [3.63, 3.8) is 0 Å². The minimum Gasteiger partial charge on any atom is -0.497 e. The highest BCUT2D eigenvalue weighted by molar-refractivity contribution is 5.90. The molecule has 4 heteroatoms. The van der Waals surface area contributed by atoms with E-state index in [4.69, 9.17) is 14.2 Å². The van der Waals surface area contributed by atoms with Crippen molar-refractivity contribution in [1.82, 2.24) is 0 Å². The number of esters is 1. The van der Waals surface area contributed by atoms with Crippen LogP contribution in [0.25, 0.3) is 0 Å². The monoisotopic (exact) mass is 308 g/mol. The standard InChI is InChI=1S/C18H28O4/c1-4-15-17(18(19)20-5-2)16(11-13(3)22-15)21-12-14-9-7-6-8-10-14/h4,13-15H,1,5-12H2,2-3H3/t13-,15+/m1/s1. The molecule has 0 aromatic heterocycles. The smallest absolute Gasteiger partial charge is 0.340 e. The average Bonchev–Trinajstić information content (AvgIpc) is 2.53. The van der Waals surface area contributed by atoms with E-state index in [-0.39, 0.29) is 12.1 Å². The van der Waals surface area contributed by atoms with Gasteiger partial charge in [0.05, 0.1) is 19.3 Å². The van der Waals surface area contributed by atoms with E-state index >= 15 is 0 Å². The lowest BCUT2D eigenvalue weighted by atomic mass is 9.90. The topological polar surface area (TPSA) is 44.8 Å². The van der Waals surface area contributed by atoms with Gasteiger partial charge in [0.25, 0.3) is 0 Å². The Balaban J connectivity index is 2.11. The molecule has 0 unspecified atom stereocenters. The van der Waals surface area contributed by atoms with Crippen molar-refractivity contribution in [3.8, 4) is 0 Å². The molecule has 22 heavy (non-hydrogen) atoms. The predicted octanol–water partition coefficient (Wildman–Crippen LogP) is 3.76. The second kappa shape index (κ2) is 8.37. The van der Waals surface area contributed by atoms with Crippen LogP contribution in [0.2, 0.25) is 0 Å². The van der Waals surface area contributed by atoms with Crippen molar-refractivity contribution in [2.24, 2.45) is 5.92 Å². The maximum absolute atomic E-state index is 12.2. The molecule has 2 rings (SSSR count). The molecule has 4 nitrogen and oxygen atoms in total. The van der Waals surface area contributed by atoms with Gasteiger partial charge in [0.1, 0.15) is 17.4 Å². The molecule has 1 heterocycles. The van der Waals surface area contributed by atoms with E-state index < -0.39 is 6.10 Å². The van der Waals surface area contributed by atoms with Gasteiger partial charge >= 0.3 is 5.97 Å². The molecule has 0 spiro atoms. The van der Waals surface area contributed by atoms with Crippen LogP contribution >= 0.6 is 0 Å². The fourth-order valence-electron chi connectivity index (χ4n) is 3.22. The lowest BCUT2D eigenvalue weighted by molar-refractivity contribution is -0.141. The second-order valence-electron chi connectivity index (χ2n) is 6.18. The highest BCUT2D eigenvalue weighted by Crippen LogP contribution is 2.30. The van der Waals surface area contributed by atoms with Gasteiger partial charge in [-0.3, -0.25) is 0 Å². The Kier molecular flexibility index (Phi) is 6.49. The van der Waals surface area contributed by atoms with E-state index in [0.717, 1.165) is 5.76 Å². The van der Waals surface area contributed by atoms with Crippen LogP contribution in [0, 0.1) is 5.92 Å². The van der Waals surface area contributed by atoms with Crippen LogP contribution < -0.4 is 0 Å². The maximum Gasteiger partial charge on any atom is 0.340 e. The number of ether oxygens (including phenoxy) is 3. The van der Waals surface area contributed by atoms with Gasteiger partial charge in [-0.25, -0.2) is 4.79 Å². The molecular weight excluding hydrogens is 280 g/mol. The fraction of sp³-hybridized carbons (Fsp3) is 0.722. The second-order valence-corrected chi connectivity index (χ2v) is 6.18. The number of hydrogen-bond acceptors (Lipinski definition) is 4. The molecule has 1 saturated carbocycles. The zero-order chi connectivity index (χ0) is 15.9. The van der Waals surface area contributed by atoms with E-state index in [1.807, 2.05) is 6.92 Å². The van der Waals surface area contributed by atoms with Crippen LogP contribution in [0.5, 0.6) is 0 Å². The zero-order valence-corrected chi connectivity index (χ0v) is 13.8. The maximum atomic E-state index is 12.2. The van der Waals surface area contributed by atoms with Crippen LogP contribution in [0.3, 0.4) is 0 Å². The molecule has 0 radical (unpaired) electrons. The molecule has 0 aromatic rings. The molecule has 1 fully saturated rings. The summed E-state index contributed by atoms with van der Waals surface area (Å²) in [7, 11) is 0. The number of carbonyl (C=O) groups excluding carboxylic acids is 1. The molecule has 0 bridgehead atoms. The van der Waals surface area contributed by atoms with Crippen LogP contribution in [0.15, 0.2) is 24.0 Å². The lowest BCUT2D eigenvalue weighted by Gasteiger charge is -2.31. The van der Waals surface area contributed by atoms with Crippen LogP contribution in [-0.4, -0.2) is 31.4 Å². The van der Waals surface area contributed by atoms with Crippen LogP contribution in [-0.2, 0) is 19.0 Å². The Morgan fingerprint density at radius 2 is 2.09 bits per heavy atom. The quantitative estimate of drug-likeness (QED) is 0.553. The predicted molar refractivity (Wildman–Crippen MR) is 85.3 cm³/mol. The molecule has 0 amide bonds. The van der Waals surface area contributed by atoms with Crippen LogP contribution in [0.1, 0.15) is 52.4 Å². The Hall–Kier alpha value is -1.29. The zero-order valence-electron chi connectivity index (χ0n) is 13.8. The van der Waals surface area contributed by atoms with E-state index in [9.17, 15) is 4.79 Å². The number of carbonyl (C=O) groups is 1. The summed E-state index contributed by atoms with van der Waals surface area (Å²) in [5, 5.41) is 0. The minimum atomic E-state index is -0.441. The van der Waals surface area contributed by atoms with Gasteiger partial charge in [0, 0.05) is 6.42 Å². The van der Waals surface area contributed by atoms with Gasteiger partial charge in [-0.2, -0.15) is 0 Å². The van der Waals surface area contributed by atoms with Gasteiger partial charge in [-0.15, -0.1) is 6.58 Å². The SMILES string of the molecule is C=C[C@@H]1O[C@H](C)CC(OCC2CCCCC2)=C1C(=O)OCC. The normalized spacial score (nSPS) is 26.6. The summed E-state index contributed by atoms with van der Waals surface area (Å²) in [6.07, 6.45) is 8.18. The lowest BCUT2D eigenvalue weighted by Crippen LogP contribution is -2.33. The molecule has 0 N–H and O–H groups in total. The Morgan fingerprint density at radius 3 is 2.73 bits per heavy atom. The van der Waals surface area contributed by atoms with E-state index in [2.05, 4.69) is 6.58 Å². The Bertz CT molecular complexity index is 421. The average molecular weight is 308 g/mol. The number of rotatable bonds is 6. The first-order valence-corrected chi connectivity index (χ1v) is 8.46. The van der Waals surface area contributed by atoms with Crippen molar-refractivity contribution in [1.29, 1.82) is 0 Å². The van der Waals surface area contributed by atoms with Gasteiger partial charge < -0.3 is 14.2 Å². The largest absolute Gasteiger partial charge is 0.497 e. The molecule has 1 aliphatic heterocycles. The summed E-state index contributed by atoms with van der Waals surface area (Å²) < 4.78 is 17.0. The summed E-state index contributed by atoms with van der Waals surface area (Å²) in [6, 6.07) is 0. The number of hydrogen-bond donors (Lipinski definition) is 0. The molecule has 1 aliphatic carbocycles. The van der Waals surface area contributed by atoms with Crippen molar-refractivity contribution in [2.45, 2.75) is 64.6 Å². The summed E-state index contributed by atoms with van der Waals surface area (Å²) in [5.74, 6) is 0.982. The summed E-state index contributed by atoms with van der Waals surface area (Å²) in [6.45, 7) is 8.60. The molecule has 0 saturated heterocycles. The van der Waals surface area contributed by atoms with Gasteiger partial charge in [-0.1, -0.05) is 25.3 Å². The van der Waals surface area contributed by atoms with Crippen molar-refractivity contribution >= 4 is 5.97 Å². The van der Waals surface area contributed by atoms with Gasteiger partial charge in [-0.05, 0) is 32.6 Å². The van der Waals surface area contributed by atoms with Crippen LogP contribution in [0.4, 0.5) is 0 Å². The summed E-state index contributed by atoms with van der Waals surface area (Å²) >= 11 is 0. The Morgan fingerprint density at radius 1 is 1.36 bits per heavy atom. The first-order valence-electron chi connectivity index (χ1n) is 8.46. The third-order valence-corrected chi connectivity index (χ3v) is 4.36. The first kappa shape index (κ1) is 17.1. The van der Waals surface area contributed by atoms with Crippen molar-refractivity contribution in [2.75, 3.05) is 13.2 Å². The highest BCUT2D eigenvalue weighted by Gasteiger charge is 2.33. The third-order valence-electron chi connectivity index (χ3n) is 4.36. The summed E-state index contributed by atoms with van der Waals surface area (Å²) in [5.41, 5.74) is 0.491. The van der Waals surface area contributed by atoms with E-state index in [1.165, 1.54) is 32.1 Å². The van der Waals surface area contributed by atoms with Gasteiger partial charge in [0.15, 0.2) is 0 Å². The van der Waals surface area contributed by atoms with Crippen molar-refractivity contribution < 1.29 is 19.0 Å². The van der Waals surface area contributed by atoms with Crippen molar-refractivity contribution in [3.05, 3.63) is 24.0 Å².